The number of rotatable bonds is 7. The third kappa shape index (κ3) is 5.28. The molecule has 3 aromatic carbocycles. The van der Waals surface area contributed by atoms with Gasteiger partial charge in [0.05, 0.1) is 22.1 Å². The van der Waals surface area contributed by atoms with E-state index in [-0.39, 0.29) is 31.7 Å². The predicted octanol–water partition coefficient (Wildman–Crippen LogP) is 4.40. The van der Waals surface area contributed by atoms with Gasteiger partial charge in [0, 0.05) is 20.5 Å². The zero-order chi connectivity index (χ0) is 28.8. The smallest absolute Gasteiger partial charge is 0.264 e. The monoisotopic (exact) mass is 598 g/mol. The first-order chi connectivity index (χ1) is 19.0. The van der Waals surface area contributed by atoms with Crippen LogP contribution in [0.2, 0.25) is 10.0 Å². The number of nitrogens with zero attached hydrogens (tertiary/aromatic N) is 4. The standard InChI is InChI=1S/C27H24Cl2N6O4S/c1-34(2)26-23-25(35(33-26)24-20(28)13-19(14-21(24)29)40(30,37)38)31-22(32-27(23)36)12-15-4-6-16(7-5-15)17-8-10-18(39-3)11-9-17/h4-11,13-14H,12H2,1-3H3,(H2,30,37,38)(H,31,32,36). The molecule has 0 fully saturated rings. The first-order valence-electron chi connectivity index (χ1n) is 11.9. The number of anilines is 1. The number of aromatic nitrogens is 4. The average Bonchev–Trinajstić information content (AvgIpc) is 3.28. The summed E-state index contributed by atoms with van der Waals surface area (Å²) in [5, 5.41) is 9.97. The minimum atomic E-state index is -4.05. The summed E-state index contributed by atoms with van der Waals surface area (Å²) in [6.45, 7) is 0. The molecule has 0 aliphatic rings. The molecule has 13 heteroatoms. The Kier molecular flexibility index (Phi) is 7.32. The van der Waals surface area contributed by atoms with Crippen LogP contribution in [-0.2, 0) is 16.4 Å². The summed E-state index contributed by atoms with van der Waals surface area (Å²) < 4.78 is 30.3. The first-order valence-corrected chi connectivity index (χ1v) is 14.2. The van der Waals surface area contributed by atoms with Crippen molar-refractivity contribution in [2.75, 3.05) is 26.1 Å². The molecule has 0 unspecified atom stereocenters. The fourth-order valence-corrected chi connectivity index (χ4v) is 5.65. The van der Waals surface area contributed by atoms with E-state index < -0.39 is 15.6 Å². The van der Waals surface area contributed by atoms with Crippen LogP contribution in [0, 0.1) is 0 Å². The lowest BCUT2D eigenvalue weighted by atomic mass is 10.0. The fourth-order valence-electron chi connectivity index (χ4n) is 4.31. The van der Waals surface area contributed by atoms with Crippen molar-refractivity contribution >= 4 is 50.1 Å². The van der Waals surface area contributed by atoms with Gasteiger partial charge in [0.15, 0.2) is 11.5 Å². The molecule has 5 aromatic rings. The van der Waals surface area contributed by atoms with Gasteiger partial charge in [-0.1, -0.05) is 59.6 Å². The number of methoxy groups -OCH3 is 1. The van der Waals surface area contributed by atoms with Crippen LogP contribution >= 0.6 is 23.2 Å². The van der Waals surface area contributed by atoms with E-state index in [0.717, 1.165) is 22.4 Å². The molecule has 0 atom stereocenters. The maximum atomic E-state index is 13.3. The van der Waals surface area contributed by atoms with Gasteiger partial charge in [0.25, 0.3) is 5.56 Å². The molecule has 0 aliphatic carbocycles. The lowest BCUT2D eigenvalue weighted by Crippen LogP contribution is -2.16. The Morgan fingerprint density at radius 3 is 2.10 bits per heavy atom. The average molecular weight is 600 g/mol. The minimum Gasteiger partial charge on any atom is -0.497 e. The van der Waals surface area contributed by atoms with Crippen LogP contribution in [0.1, 0.15) is 11.4 Å². The molecular weight excluding hydrogens is 575 g/mol. The van der Waals surface area contributed by atoms with Crippen LogP contribution in [0.25, 0.3) is 27.8 Å². The molecule has 0 spiro atoms. The molecule has 0 saturated heterocycles. The van der Waals surface area contributed by atoms with Crippen molar-refractivity contribution < 1.29 is 13.2 Å². The number of aromatic amines is 1. The highest BCUT2D eigenvalue weighted by Gasteiger charge is 2.24. The number of primary sulfonamides is 1. The number of benzene rings is 3. The molecular formula is C27H24Cl2N6O4S. The Bertz CT molecular complexity index is 1880. The van der Waals surface area contributed by atoms with Crippen LogP contribution in [0.5, 0.6) is 5.75 Å². The minimum absolute atomic E-state index is 0.0241. The van der Waals surface area contributed by atoms with Crippen molar-refractivity contribution in [1.82, 2.24) is 19.7 Å². The summed E-state index contributed by atoms with van der Waals surface area (Å²) in [6, 6.07) is 18.0. The topological polar surface area (TPSA) is 136 Å². The Balaban J connectivity index is 1.57. The predicted molar refractivity (Wildman–Crippen MR) is 156 cm³/mol. The van der Waals surface area contributed by atoms with Gasteiger partial charge in [-0.3, -0.25) is 4.79 Å². The van der Waals surface area contributed by atoms with Crippen LogP contribution in [0.15, 0.2) is 70.4 Å². The number of H-pyrrole nitrogens is 1. The Morgan fingerprint density at radius 1 is 1.00 bits per heavy atom. The molecule has 0 saturated carbocycles. The Labute approximate surface area is 240 Å². The number of fused-ring (bicyclic) bond motifs is 1. The number of nitrogens with one attached hydrogen (secondary N) is 1. The van der Waals surface area contributed by atoms with Gasteiger partial charge in [-0.15, -0.1) is 5.10 Å². The highest BCUT2D eigenvalue weighted by Crippen LogP contribution is 2.34. The number of hydrogen-bond acceptors (Lipinski definition) is 7. The molecule has 0 bridgehead atoms. The number of halogens is 2. The van der Waals surface area contributed by atoms with Gasteiger partial charge in [0.2, 0.25) is 10.0 Å². The molecule has 5 rings (SSSR count). The van der Waals surface area contributed by atoms with Crippen molar-refractivity contribution in [1.29, 1.82) is 0 Å². The summed E-state index contributed by atoms with van der Waals surface area (Å²) >= 11 is 12.9. The summed E-state index contributed by atoms with van der Waals surface area (Å²) in [6.07, 6.45) is 0.336. The fraction of sp³-hybridized carbons (Fsp3) is 0.148. The van der Waals surface area contributed by atoms with E-state index >= 15 is 0 Å². The van der Waals surface area contributed by atoms with E-state index in [4.69, 9.17) is 38.1 Å². The van der Waals surface area contributed by atoms with E-state index in [1.165, 1.54) is 16.8 Å². The van der Waals surface area contributed by atoms with Gasteiger partial charge >= 0.3 is 0 Å². The second-order valence-electron chi connectivity index (χ2n) is 9.22. The van der Waals surface area contributed by atoms with E-state index in [0.29, 0.717) is 18.1 Å². The number of nitrogens with two attached hydrogens (primary N) is 1. The highest BCUT2D eigenvalue weighted by atomic mass is 35.5. The SMILES string of the molecule is COc1ccc(-c2ccc(Cc3nc4c(c(N(C)C)nn4-c4c(Cl)cc(S(N)(=O)=O)cc4Cl)c(=O)[nH]3)cc2)cc1. The highest BCUT2D eigenvalue weighted by molar-refractivity contribution is 7.89. The second kappa shape index (κ2) is 10.6. The van der Waals surface area contributed by atoms with E-state index in [2.05, 4.69) is 10.1 Å². The van der Waals surface area contributed by atoms with Crippen molar-refractivity contribution in [2.45, 2.75) is 11.3 Å². The quantitative estimate of drug-likeness (QED) is 0.283. The van der Waals surface area contributed by atoms with E-state index in [9.17, 15) is 13.2 Å². The van der Waals surface area contributed by atoms with Gasteiger partial charge in [-0.25, -0.2) is 23.2 Å². The molecule has 40 heavy (non-hydrogen) atoms. The third-order valence-corrected chi connectivity index (χ3v) is 7.74. The Morgan fingerprint density at radius 2 is 1.57 bits per heavy atom. The molecule has 0 amide bonds. The van der Waals surface area contributed by atoms with Gasteiger partial charge < -0.3 is 14.6 Å². The maximum absolute atomic E-state index is 13.3. The number of sulfonamides is 1. The summed E-state index contributed by atoms with van der Waals surface area (Å²) in [5.41, 5.74) is 2.99. The lowest BCUT2D eigenvalue weighted by Gasteiger charge is -2.11. The molecule has 3 N–H and O–H groups in total. The summed E-state index contributed by atoms with van der Waals surface area (Å²) in [7, 11) is 1.04. The maximum Gasteiger partial charge on any atom is 0.264 e. The van der Waals surface area contributed by atoms with Gasteiger partial charge in [-0.2, -0.15) is 0 Å². The molecule has 2 aromatic heterocycles. The molecule has 2 heterocycles. The molecule has 0 aliphatic heterocycles. The van der Waals surface area contributed by atoms with E-state index in [1.807, 2.05) is 48.5 Å². The van der Waals surface area contributed by atoms with Crippen molar-refractivity contribution in [3.05, 3.63) is 92.5 Å². The normalized spacial score (nSPS) is 11.7. The van der Waals surface area contributed by atoms with Crippen LogP contribution in [-0.4, -0.2) is 49.4 Å². The van der Waals surface area contributed by atoms with Crippen LogP contribution in [0.4, 0.5) is 5.82 Å². The molecule has 10 nitrogen and oxygen atoms in total. The Hall–Kier alpha value is -3.90. The van der Waals surface area contributed by atoms with Crippen LogP contribution in [0.3, 0.4) is 0 Å². The number of hydrogen-bond donors (Lipinski definition) is 2. The zero-order valence-electron chi connectivity index (χ0n) is 21.6. The van der Waals surface area contributed by atoms with Crippen LogP contribution < -0.4 is 20.3 Å². The summed E-state index contributed by atoms with van der Waals surface area (Å²) in [5.74, 6) is 1.52. The number of ether oxygens (including phenoxy) is 1. The second-order valence-corrected chi connectivity index (χ2v) is 11.6. The molecule has 206 valence electrons. The van der Waals surface area contributed by atoms with Gasteiger partial charge in [0.1, 0.15) is 22.6 Å². The van der Waals surface area contributed by atoms with Crippen molar-refractivity contribution in [2.24, 2.45) is 5.14 Å². The lowest BCUT2D eigenvalue weighted by molar-refractivity contribution is 0.415. The largest absolute Gasteiger partial charge is 0.497 e. The molecule has 0 radical (unpaired) electrons. The van der Waals surface area contributed by atoms with Crippen molar-refractivity contribution in [3.63, 3.8) is 0 Å². The summed E-state index contributed by atoms with van der Waals surface area (Å²) in [4.78, 5) is 22.2. The zero-order valence-corrected chi connectivity index (χ0v) is 24.0. The van der Waals surface area contributed by atoms with E-state index in [1.54, 1.807) is 26.1 Å². The van der Waals surface area contributed by atoms with Gasteiger partial charge in [-0.05, 0) is 41.0 Å². The van der Waals surface area contributed by atoms with Crippen molar-refractivity contribution in [3.8, 4) is 22.6 Å². The first kappa shape index (κ1) is 27.7. The third-order valence-electron chi connectivity index (χ3n) is 6.27.